The highest BCUT2D eigenvalue weighted by Gasteiger charge is 2.52. The van der Waals surface area contributed by atoms with E-state index in [1.54, 1.807) is 0 Å². The Kier molecular flexibility index (Phi) is 4.45. The van der Waals surface area contributed by atoms with Crippen LogP contribution in [0.2, 0.25) is 0 Å². The van der Waals surface area contributed by atoms with Crippen LogP contribution in [0.3, 0.4) is 0 Å². The Hall–Kier alpha value is -1.08. The summed E-state index contributed by atoms with van der Waals surface area (Å²) in [5, 5.41) is 0. The van der Waals surface area contributed by atoms with Gasteiger partial charge in [-0.2, -0.15) is 0 Å². The van der Waals surface area contributed by atoms with Crippen molar-refractivity contribution in [3.05, 3.63) is 24.3 Å². The van der Waals surface area contributed by atoms with Gasteiger partial charge in [-0.25, -0.2) is 0 Å². The first kappa shape index (κ1) is 17.7. The van der Waals surface area contributed by atoms with Crippen LogP contribution in [0.1, 0.15) is 41.5 Å². The molecule has 2 heterocycles. The zero-order valence-electron chi connectivity index (χ0n) is 15.4. The first-order chi connectivity index (χ1) is 11.1. The number of hydrogen-bond acceptors (Lipinski definition) is 5. The third-order valence-corrected chi connectivity index (χ3v) is 4.92. The molecule has 0 spiro atoms. The Morgan fingerprint density at radius 1 is 1.04 bits per heavy atom. The molecule has 2 aliphatic heterocycles. The predicted octanol–water partition coefficient (Wildman–Crippen LogP) is 2.52. The van der Waals surface area contributed by atoms with E-state index in [0.29, 0.717) is 13.2 Å². The molecule has 24 heavy (non-hydrogen) atoms. The minimum Gasteiger partial charge on any atom is -0.491 e. The highest BCUT2D eigenvalue weighted by atomic mass is 16.7. The van der Waals surface area contributed by atoms with Crippen LogP contribution in [-0.2, 0) is 18.8 Å². The molecule has 0 amide bonds. The first-order valence-electron chi connectivity index (χ1n) is 8.49. The van der Waals surface area contributed by atoms with E-state index in [2.05, 4.69) is 0 Å². The Labute approximate surface area is 144 Å². The van der Waals surface area contributed by atoms with Crippen LogP contribution in [0.25, 0.3) is 0 Å². The molecule has 0 bridgehead atoms. The molecule has 0 aliphatic carbocycles. The van der Waals surface area contributed by atoms with Crippen molar-refractivity contribution < 1.29 is 23.5 Å². The van der Waals surface area contributed by atoms with Crippen LogP contribution in [0.15, 0.2) is 24.3 Å². The van der Waals surface area contributed by atoms with Crippen molar-refractivity contribution in [2.24, 2.45) is 0 Å². The fourth-order valence-electron chi connectivity index (χ4n) is 2.80. The molecule has 0 N–H and O–H groups in total. The quantitative estimate of drug-likeness (QED) is 0.792. The summed E-state index contributed by atoms with van der Waals surface area (Å²) in [7, 11) is -0.441. The highest BCUT2D eigenvalue weighted by molar-refractivity contribution is 6.63. The maximum Gasteiger partial charge on any atom is 0.498 e. The van der Waals surface area contributed by atoms with Crippen LogP contribution < -0.4 is 10.2 Å². The molecule has 1 aromatic rings. The molecular formula is C18H27BO5. The number of rotatable bonds is 4. The molecule has 0 aromatic heterocycles. The van der Waals surface area contributed by atoms with Gasteiger partial charge in [-0.05, 0) is 47.6 Å². The standard InChI is InChI=1S/C18H27BO5/c1-16(2)17(3,4)24-19(23-16)14-9-7-8-10-15(14)20-11-13-12-21-18(5,6)22-13/h7-10,13H,11-12H2,1-6H3. The topological polar surface area (TPSA) is 46.2 Å². The predicted molar refractivity (Wildman–Crippen MR) is 92.6 cm³/mol. The Morgan fingerprint density at radius 3 is 2.25 bits per heavy atom. The Balaban J connectivity index is 1.70. The second-order valence-electron chi connectivity index (χ2n) is 7.89. The summed E-state index contributed by atoms with van der Waals surface area (Å²) in [5.74, 6) is 0.212. The second-order valence-corrected chi connectivity index (χ2v) is 7.89. The van der Waals surface area contributed by atoms with Gasteiger partial charge in [0.1, 0.15) is 18.5 Å². The largest absolute Gasteiger partial charge is 0.498 e. The van der Waals surface area contributed by atoms with Crippen LogP contribution in [0.5, 0.6) is 5.75 Å². The van der Waals surface area contributed by atoms with Crippen LogP contribution in [0, 0.1) is 0 Å². The van der Waals surface area contributed by atoms with E-state index < -0.39 is 12.9 Å². The van der Waals surface area contributed by atoms with E-state index in [0.717, 1.165) is 11.2 Å². The smallest absolute Gasteiger partial charge is 0.491 e. The van der Waals surface area contributed by atoms with E-state index in [1.807, 2.05) is 65.8 Å². The van der Waals surface area contributed by atoms with Crippen LogP contribution >= 0.6 is 0 Å². The second kappa shape index (κ2) is 6.02. The summed E-state index contributed by atoms with van der Waals surface area (Å²) in [6, 6.07) is 7.82. The highest BCUT2D eigenvalue weighted by Crippen LogP contribution is 2.37. The lowest BCUT2D eigenvalue weighted by Gasteiger charge is -2.32. The number of ether oxygens (including phenoxy) is 3. The fourth-order valence-corrected chi connectivity index (χ4v) is 2.80. The molecule has 2 aliphatic rings. The van der Waals surface area contributed by atoms with Crippen molar-refractivity contribution in [2.75, 3.05) is 13.2 Å². The third kappa shape index (κ3) is 3.47. The SMILES string of the molecule is CC1(C)OCC(COc2ccccc2B2OC(C)(C)C(C)(C)O2)O1. The summed E-state index contributed by atoms with van der Waals surface area (Å²) in [5.41, 5.74) is 0.142. The minimum absolute atomic E-state index is 0.0775. The van der Waals surface area contributed by atoms with Gasteiger partial charge in [-0.3, -0.25) is 0 Å². The Morgan fingerprint density at radius 2 is 1.67 bits per heavy atom. The summed E-state index contributed by atoms with van der Waals surface area (Å²) < 4.78 is 29.6. The molecule has 5 nitrogen and oxygen atoms in total. The van der Waals surface area contributed by atoms with Crippen molar-refractivity contribution in [1.82, 2.24) is 0 Å². The average molecular weight is 334 g/mol. The molecule has 1 atom stereocenters. The van der Waals surface area contributed by atoms with Crippen molar-refractivity contribution in [2.45, 2.75) is 64.6 Å². The maximum atomic E-state index is 6.14. The molecular weight excluding hydrogens is 307 g/mol. The summed E-state index contributed by atoms with van der Waals surface area (Å²) in [6.07, 6.45) is -0.0775. The number of para-hydroxylation sites is 1. The molecule has 0 saturated carbocycles. The fraction of sp³-hybridized carbons (Fsp3) is 0.667. The van der Waals surface area contributed by atoms with Gasteiger partial charge < -0.3 is 23.5 Å². The normalized spacial score (nSPS) is 27.4. The van der Waals surface area contributed by atoms with Gasteiger partial charge in [0, 0.05) is 5.46 Å². The van der Waals surface area contributed by atoms with Gasteiger partial charge >= 0.3 is 7.12 Å². The average Bonchev–Trinajstić information content (AvgIpc) is 2.93. The zero-order valence-corrected chi connectivity index (χ0v) is 15.4. The van der Waals surface area contributed by atoms with Crippen molar-refractivity contribution >= 4 is 12.6 Å². The van der Waals surface area contributed by atoms with E-state index in [4.69, 9.17) is 23.5 Å². The van der Waals surface area contributed by atoms with Crippen LogP contribution in [-0.4, -0.2) is 43.4 Å². The van der Waals surface area contributed by atoms with E-state index >= 15 is 0 Å². The molecule has 0 radical (unpaired) electrons. The first-order valence-corrected chi connectivity index (χ1v) is 8.49. The van der Waals surface area contributed by atoms with E-state index in [1.165, 1.54) is 0 Å². The monoisotopic (exact) mass is 334 g/mol. The van der Waals surface area contributed by atoms with Gasteiger partial charge in [0.15, 0.2) is 5.79 Å². The molecule has 132 valence electrons. The van der Waals surface area contributed by atoms with Gasteiger partial charge in [0.2, 0.25) is 0 Å². The van der Waals surface area contributed by atoms with Gasteiger partial charge in [-0.15, -0.1) is 0 Å². The third-order valence-electron chi connectivity index (χ3n) is 4.92. The lowest BCUT2D eigenvalue weighted by atomic mass is 9.78. The molecule has 1 unspecified atom stereocenters. The lowest BCUT2D eigenvalue weighted by Crippen LogP contribution is -2.41. The van der Waals surface area contributed by atoms with Crippen molar-refractivity contribution in [1.29, 1.82) is 0 Å². The van der Waals surface area contributed by atoms with Gasteiger partial charge in [0.05, 0.1) is 17.8 Å². The van der Waals surface area contributed by atoms with Gasteiger partial charge in [0.25, 0.3) is 0 Å². The van der Waals surface area contributed by atoms with E-state index in [9.17, 15) is 0 Å². The summed E-state index contributed by atoms with van der Waals surface area (Å²) >= 11 is 0. The van der Waals surface area contributed by atoms with Crippen LogP contribution in [0.4, 0.5) is 0 Å². The summed E-state index contributed by atoms with van der Waals surface area (Å²) in [4.78, 5) is 0. The molecule has 2 saturated heterocycles. The molecule has 1 aromatic carbocycles. The van der Waals surface area contributed by atoms with Gasteiger partial charge in [-0.1, -0.05) is 18.2 Å². The lowest BCUT2D eigenvalue weighted by molar-refractivity contribution is -0.141. The molecule has 3 rings (SSSR count). The molecule has 6 heteroatoms. The zero-order chi connectivity index (χ0) is 17.6. The Bertz CT molecular complexity index is 583. The molecule has 2 fully saturated rings. The number of hydrogen-bond donors (Lipinski definition) is 0. The van der Waals surface area contributed by atoms with E-state index in [-0.39, 0.29) is 17.3 Å². The van der Waals surface area contributed by atoms with Crippen molar-refractivity contribution in [3.63, 3.8) is 0 Å². The maximum absolute atomic E-state index is 6.14. The number of benzene rings is 1. The minimum atomic E-state index is -0.542. The summed E-state index contributed by atoms with van der Waals surface area (Å²) in [6.45, 7) is 13.0. The van der Waals surface area contributed by atoms with Crippen molar-refractivity contribution in [3.8, 4) is 5.75 Å².